The standard InChI is InChI=1S/C25H22F3N7O3S/c1-4-19(36)34-22-16(6-5-7-18(22)38-13-21-29-8-9-39-21)32-23-15(25(26,27)28)12-31-24(35-23)33-17-10-20(37-3)30-11-14(17)2/h4-12H,1,13H2,2-3H3,(H,34,36)(H2,30,31,32,33,35). The number of amides is 1. The third-order valence-corrected chi connectivity index (χ3v) is 5.93. The first kappa shape index (κ1) is 27.3. The normalized spacial score (nSPS) is 11.0. The molecule has 10 nitrogen and oxygen atoms in total. The van der Waals surface area contributed by atoms with Gasteiger partial charge in [-0.3, -0.25) is 4.79 Å². The van der Waals surface area contributed by atoms with Crippen molar-refractivity contribution in [2.45, 2.75) is 19.7 Å². The minimum atomic E-state index is -4.78. The number of pyridine rings is 1. The lowest BCUT2D eigenvalue weighted by Crippen LogP contribution is -2.15. The largest absolute Gasteiger partial charge is 0.484 e. The number of rotatable bonds is 10. The van der Waals surface area contributed by atoms with E-state index in [1.165, 1.54) is 30.7 Å². The zero-order valence-electron chi connectivity index (χ0n) is 20.7. The Kier molecular flexibility index (Phi) is 8.24. The fraction of sp³-hybridized carbons (Fsp3) is 0.160. The molecule has 1 amide bonds. The maximum atomic E-state index is 13.9. The van der Waals surface area contributed by atoms with Gasteiger partial charge in [0.25, 0.3) is 0 Å². The number of nitrogens with zero attached hydrogens (tertiary/aromatic N) is 4. The zero-order valence-corrected chi connectivity index (χ0v) is 21.5. The van der Waals surface area contributed by atoms with Crippen molar-refractivity contribution in [1.82, 2.24) is 19.9 Å². The van der Waals surface area contributed by atoms with Gasteiger partial charge in [-0.25, -0.2) is 15.0 Å². The van der Waals surface area contributed by atoms with Crippen LogP contribution in [0.4, 0.5) is 42.0 Å². The molecule has 0 saturated heterocycles. The molecular formula is C25H22F3N7O3S. The topological polar surface area (TPSA) is 123 Å². The highest BCUT2D eigenvalue weighted by Gasteiger charge is 2.35. The molecule has 0 aliphatic heterocycles. The highest BCUT2D eigenvalue weighted by Crippen LogP contribution is 2.39. The molecule has 0 fully saturated rings. The average molecular weight is 558 g/mol. The van der Waals surface area contributed by atoms with E-state index in [4.69, 9.17) is 9.47 Å². The molecule has 4 rings (SSSR count). The summed E-state index contributed by atoms with van der Waals surface area (Å²) in [4.78, 5) is 28.3. The fourth-order valence-electron chi connectivity index (χ4n) is 3.27. The Morgan fingerprint density at radius 2 is 1.97 bits per heavy atom. The average Bonchev–Trinajstić information content (AvgIpc) is 3.43. The van der Waals surface area contributed by atoms with Gasteiger partial charge in [0.2, 0.25) is 17.7 Å². The van der Waals surface area contributed by atoms with Crippen LogP contribution in [0.5, 0.6) is 11.6 Å². The summed E-state index contributed by atoms with van der Waals surface area (Å²) in [7, 11) is 1.44. The van der Waals surface area contributed by atoms with Crippen molar-refractivity contribution in [1.29, 1.82) is 0 Å². The molecule has 0 unspecified atom stereocenters. The minimum Gasteiger partial charge on any atom is -0.484 e. The molecule has 3 N–H and O–H groups in total. The number of halogens is 3. The van der Waals surface area contributed by atoms with Gasteiger partial charge in [0, 0.05) is 30.0 Å². The second-order valence-electron chi connectivity index (χ2n) is 7.83. The number of carbonyl (C=O) groups excluding carboxylic acids is 1. The third kappa shape index (κ3) is 6.78. The van der Waals surface area contributed by atoms with Crippen LogP contribution >= 0.6 is 11.3 Å². The summed E-state index contributed by atoms with van der Waals surface area (Å²) in [6.45, 7) is 5.27. The summed E-state index contributed by atoms with van der Waals surface area (Å²) >= 11 is 1.37. The summed E-state index contributed by atoms with van der Waals surface area (Å²) in [6.07, 6.45) is 0.0672. The zero-order chi connectivity index (χ0) is 28.0. The van der Waals surface area contributed by atoms with Gasteiger partial charge in [-0.1, -0.05) is 12.6 Å². The number of benzene rings is 1. The molecule has 3 aromatic heterocycles. The highest BCUT2D eigenvalue weighted by molar-refractivity contribution is 7.09. The first-order valence-corrected chi connectivity index (χ1v) is 12.1. The van der Waals surface area contributed by atoms with E-state index in [9.17, 15) is 18.0 Å². The number of anilines is 5. The van der Waals surface area contributed by atoms with Crippen molar-refractivity contribution in [3.8, 4) is 11.6 Å². The quantitative estimate of drug-likeness (QED) is 0.206. The smallest absolute Gasteiger partial charge is 0.421 e. The van der Waals surface area contributed by atoms with Crippen molar-refractivity contribution in [2.24, 2.45) is 0 Å². The van der Waals surface area contributed by atoms with Gasteiger partial charge in [0.05, 0.1) is 18.5 Å². The van der Waals surface area contributed by atoms with Crippen molar-refractivity contribution >= 4 is 46.1 Å². The first-order valence-electron chi connectivity index (χ1n) is 11.2. The van der Waals surface area contributed by atoms with Crippen LogP contribution in [0.15, 0.2) is 60.9 Å². The molecule has 0 bridgehead atoms. The predicted molar refractivity (Wildman–Crippen MR) is 141 cm³/mol. The van der Waals surface area contributed by atoms with Gasteiger partial charge in [-0.15, -0.1) is 11.3 Å². The number of methoxy groups -OCH3 is 1. The van der Waals surface area contributed by atoms with Crippen molar-refractivity contribution in [2.75, 3.05) is 23.1 Å². The molecule has 3 heterocycles. The number of hydrogen-bond acceptors (Lipinski definition) is 10. The van der Waals surface area contributed by atoms with Gasteiger partial charge in [0.1, 0.15) is 34.4 Å². The van der Waals surface area contributed by atoms with Crippen molar-refractivity contribution < 1.29 is 27.4 Å². The van der Waals surface area contributed by atoms with Gasteiger partial charge in [-0.05, 0) is 30.7 Å². The van der Waals surface area contributed by atoms with E-state index >= 15 is 0 Å². The second kappa shape index (κ2) is 11.8. The molecule has 0 atom stereocenters. The maximum Gasteiger partial charge on any atom is 0.421 e. The predicted octanol–water partition coefficient (Wildman–Crippen LogP) is 5.85. The molecular weight excluding hydrogens is 535 g/mol. The summed E-state index contributed by atoms with van der Waals surface area (Å²) in [5.41, 5.74) is 0.248. The van der Waals surface area contributed by atoms with Crippen LogP contribution in [-0.2, 0) is 17.6 Å². The van der Waals surface area contributed by atoms with E-state index in [1.807, 2.05) is 0 Å². The summed E-state index contributed by atoms with van der Waals surface area (Å²) in [5.74, 6) is -0.762. The van der Waals surface area contributed by atoms with Crippen molar-refractivity contribution in [3.05, 3.63) is 77.0 Å². The number of para-hydroxylation sites is 1. The van der Waals surface area contributed by atoms with Crippen LogP contribution in [0.2, 0.25) is 0 Å². The number of nitrogens with one attached hydrogen (secondary N) is 3. The molecule has 0 spiro atoms. The fourth-order valence-corrected chi connectivity index (χ4v) is 3.79. The molecule has 0 saturated carbocycles. The van der Waals surface area contributed by atoms with Crippen LogP contribution in [0, 0.1) is 6.92 Å². The SMILES string of the molecule is C=CC(=O)Nc1c(Nc2nc(Nc3cc(OC)ncc3C)ncc2C(F)(F)F)cccc1OCc1nccs1. The van der Waals surface area contributed by atoms with Crippen LogP contribution in [0.3, 0.4) is 0 Å². The Labute approximate surface area is 225 Å². The molecule has 0 aliphatic rings. The summed E-state index contributed by atoms with van der Waals surface area (Å²) in [6, 6.07) is 6.16. The summed E-state index contributed by atoms with van der Waals surface area (Å²) in [5, 5.41) is 10.6. The lowest BCUT2D eigenvalue weighted by Gasteiger charge is -2.19. The lowest BCUT2D eigenvalue weighted by atomic mass is 10.2. The Morgan fingerprint density at radius 3 is 2.67 bits per heavy atom. The highest BCUT2D eigenvalue weighted by atomic mass is 32.1. The number of thiazole rings is 1. The van der Waals surface area contributed by atoms with Crippen LogP contribution < -0.4 is 25.4 Å². The Bertz CT molecular complexity index is 1480. The molecule has 0 aliphatic carbocycles. The monoisotopic (exact) mass is 557 g/mol. The van der Waals surface area contributed by atoms with E-state index in [2.05, 4.69) is 42.5 Å². The molecule has 0 radical (unpaired) electrons. The van der Waals surface area contributed by atoms with Gasteiger partial charge in [-0.2, -0.15) is 18.2 Å². The number of carbonyl (C=O) groups is 1. The Morgan fingerprint density at radius 1 is 1.15 bits per heavy atom. The van der Waals surface area contributed by atoms with Crippen LogP contribution in [0.25, 0.3) is 0 Å². The number of alkyl halides is 3. The third-order valence-electron chi connectivity index (χ3n) is 5.18. The van der Waals surface area contributed by atoms with Crippen molar-refractivity contribution in [3.63, 3.8) is 0 Å². The van der Waals surface area contributed by atoms with E-state index in [0.717, 1.165) is 6.08 Å². The molecule has 14 heteroatoms. The summed E-state index contributed by atoms with van der Waals surface area (Å²) < 4.78 is 52.7. The number of aryl methyl sites for hydroxylation is 1. The first-order chi connectivity index (χ1) is 18.7. The van der Waals surface area contributed by atoms with Crippen LogP contribution in [-0.4, -0.2) is 33.0 Å². The van der Waals surface area contributed by atoms with E-state index in [1.54, 1.807) is 36.7 Å². The van der Waals surface area contributed by atoms with Crippen LogP contribution in [0.1, 0.15) is 16.1 Å². The molecule has 39 heavy (non-hydrogen) atoms. The molecule has 202 valence electrons. The van der Waals surface area contributed by atoms with E-state index in [-0.39, 0.29) is 29.7 Å². The number of aromatic nitrogens is 4. The number of ether oxygens (including phenoxy) is 2. The maximum absolute atomic E-state index is 13.9. The lowest BCUT2D eigenvalue weighted by molar-refractivity contribution is -0.137. The van der Waals surface area contributed by atoms with E-state index < -0.39 is 23.5 Å². The Hall–Kier alpha value is -4.72. The van der Waals surface area contributed by atoms with Gasteiger partial charge >= 0.3 is 6.18 Å². The second-order valence-corrected chi connectivity index (χ2v) is 8.81. The molecule has 4 aromatic rings. The Balaban J connectivity index is 1.72. The van der Waals surface area contributed by atoms with Gasteiger partial charge in [0.15, 0.2) is 0 Å². The molecule has 1 aromatic carbocycles. The van der Waals surface area contributed by atoms with Gasteiger partial charge < -0.3 is 25.4 Å². The minimum absolute atomic E-state index is 0.0855. The van der Waals surface area contributed by atoms with E-state index in [0.29, 0.717) is 28.3 Å². The number of hydrogen-bond donors (Lipinski definition) is 3.